The third-order valence-corrected chi connectivity index (χ3v) is 4.36. The maximum atomic E-state index is 12.8. The number of carbonyl (C=O) groups is 2. The lowest BCUT2D eigenvalue weighted by molar-refractivity contribution is -0.117. The lowest BCUT2D eigenvalue weighted by Crippen LogP contribution is -2.28. The second-order valence-electron chi connectivity index (χ2n) is 7.60. The van der Waals surface area contributed by atoms with E-state index in [-0.39, 0.29) is 11.7 Å². The zero-order valence-electron chi connectivity index (χ0n) is 15.7. The zero-order chi connectivity index (χ0) is 19.6. The van der Waals surface area contributed by atoms with Crippen LogP contribution >= 0.6 is 0 Å². The van der Waals surface area contributed by atoms with E-state index in [9.17, 15) is 14.7 Å². The van der Waals surface area contributed by atoms with E-state index in [1.54, 1.807) is 57.2 Å². The topological polar surface area (TPSA) is 87.7 Å². The molecule has 2 aromatic carbocycles. The van der Waals surface area contributed by atoms with Gasteiger partial charge in [-0.2, -0.15) is 0 Å². The minimum absolute atomic E-state index is 0.144. The third-order valence-electron chi connectivity index (χ3n) is 4.36. The van der Waals surface area contributed by atoms with Crippen molar-refractivity contribution in [2.24, 2.45) is 0 Å². The molecule has 0 radical (unpaired) electrons. The number of rotatable bonds is 3. The zero-order valence-corrected chi connectivity index (χ0v) is 15.7. The second-order valence-corrected chi connectivity index (χ2v) is 7.60. The normalized spacial score (nSPS) is 15.7. The number of phenolic OH excluding ortho intramolecular Hbond substituents is 1. The molecular formula is C21H24N2O4. The van der Waals surface area contributed by atoms with Crippen molar-refractivity contribution in [3.05, 3.63) is 53.6 Å². The van der Waals surface area contributed by atoms with Gasteiger partial charge in [0.15, 0.2) is 0 Å². The van der Waals surface area contributed by atoms with Gasteiger partial charge in [-0.05, 0) is 57.4 Å². The number of anilines is 2. The first-order valence-electron chi connectivity index (χ1n) is 8.95. The molecule has 3 rings (SSSR count). The number of para-hydroxylation sites is 2. The number of hydrogen-bond donors (Lipinski definition) is 3. The molecule has 6 heteroatoms. The minimum Gasteiger partial charge on any atom is -0.508 e. The Kier molecular flexibility index (Phi) is 5.08. The summed E-state index contributed by atoms with van der Waals surface area (Å²) in [7, 11) is 0. The van der Waals surface area contributed by atoms with E-state index >= 15 is 0 Å². The van der Waals surface area contributed by atoms with Gasteiger partial charge in [0.2, 0.25) is 5.91 Å². The molecule has 0 aliphatic heterocycles. The minimum atomic E-state index is -0.618. The number of carbonyl (C=O) groups excluding carboxylic acids is 2. The molecule has 0 spiro atoms. The molecule has 0 heterocycles. The molecule has 1 unspecified atom stereocenters. The molecule has 0 fully saturated rings. The maximum absolute atomic E-state index is 12.8. The molecule has 1 aliphatic rings. The molecule has 0 saturated heterocycles. The monoisotopic (exact) mass is 368 g/mol. The number of hydrogen-bond acceptors (Lipinski definition) is 4. The lowest BCUT2D eigenvalue weighted by Gasteiger charge is -2.21. The first kappa shape index (κ1) is 18.8. The molecule has 1 atom stereocenters. The third kappa shape index (κ3) is 4.39. The number of ether oxygens (including phenoxy) is 1. The number of aryl methyl sites for hydroxylation is 1. The van der Waals surface area contributed by atoms with Crippen molar-refractivity contribution in [3.8, 4) is 5.75 Å². The van der Waals surface area contributed by atoms with Crippen molar-refractivity contribution in [3.63, 3.8) is 0 Å². The first-order valence-corrected chi connectivity index (χ1v) is 8.95. The largest absolute Gasteiger partial charge is 0.508 e. The summed E-state index contributed by atoms with van der Waals surface area (Å²) in [6, 6.07) is 12.3. The highest BCUT2D eigenvalue weighted by Crippen LogP contribution is 2.39. The Bertz CT molecular complexity index is 871. The van der Waals surface area contributed by atoms with E-state index < -0.39 is 17.6 Å². The van der Waals surface area contributed by atoms with Crippen LogP contribution in [0.15, 0.2) is 42.5 Å². The summed E-state index contributed by atoms with van der Waals surface area (Å²) in [5.74, 6) is -0.491. The van der Waals surface area contributed by atoms with Gasteiger partial charge in [-0.1, -0.05) is 24.3 Å². The standard InChI is InChI=1S/C21H24N2O4/c1-21(2,3)27-20(26)23-16-9-5-4-8-15(16)22-19(25)14-12-11-13-7-6-10-17(24)18(13)14/h4-10,14,24H,11-12H2,1-3H3,(H,22,25)(H,23,26). The molecular weight excluding hydrogens is 344 g/mol. The van der Waals surface area contributed by atoms with Gasteiger partial charge in [0.05, 0.1) is 17.3 Å². The fourth-order valence-corrected chi connectivity index (χ4v) is 3.26. The maximum Gasteiger partial charge on any atom is 0.412 e. The number of fused-ring (bicyclic) bond motifs is 1. The van der Waals surface area contributed by atoms with Crippen LogP contribution < -0.4 is 10.6 Å². The van der Waals surface area contributed by atoms with Crippen molar-refractivity contribution in [2.45, 2.75) is 45.1 Å². The molecule has 3 N–H and O–H groups in total. The van der Waals surface area contributed by atoms with E-state index in [0.29, 0.717) is 23.4 Å². The molecule has 0 saturated carbocycles. The van der Waals surface area contributed by atoms with Crippen LogP contribution in [0.4, 0.5) is 16.2 Å². The molecule has 0 aromatic heterocycles. The van der Waals surface area contributed by atoms with Gasteiger partial charge in [0.25, 0.3) is 0 Å². The molecule has 6 nitrogen and oxygen atoms in total. The van der Waals surface area contributed by atoms with E-state index in [4.69, 9.17) is 4.74 Å². The van der Waals surface area contributed by atoms with Gasteiger partial charge in [-0.25, -0.2) is 4.79 Å². The summed E-state index contributed by atoms with van der Waals surface area (Å²) in [5.41, 5.74) is 2.00. The lowest BCUT2D eigenvalue weighted by atomic mass is 9.99. The predicted octanol–water partition coefficient (Wildman–Crippen LogP) is 4.41. The van der Waals surface area contributed by atoms with Gasteiger partial charge in [-0.15, -0.1) is 0 Å². The Balaban J connectivity index is 1.76. The molecule has 142 valence electrons. The summed E-state index contributed by atoms with van der Waals surface area (Å²) >= 11 is 0. The Morgan fingerprint density at radius 1 is 1.04 bits per heavy atom. The van der Waals surface area contributed by atoms with Gasteiger partial charge >= 0.3 is 6.09 Å². The highest BCUT2D eigenvalue weighted by atomic mass is 16.6. The van der Waals surface area contributed by atoms with Crippen LogP contribution in [0.3, 0.4) is 0 Å². The second kappa shape index (κ2) is 7.31. The fraction of sp³-hybridized carbons (Fsp3) is 0.333. The summed E-state index contributed by atoms with van der Waals surface area (Å²) in [5, 5.41) is 15.7. The Morgan fingerprint density at radius 3 is 2.37 bits per heavy atom. The van der Waals surface area contributed by atoms with Gasteiger partial charge in [-0.3, -0.25) is 10.1 Å². The molecule has 0 bridgehead atoms. The summed E-state index contributed by atoms with van der Waals surface area (Å²) in [6.45, 7) is 5.35. The van der Waals surface area contributed by atoms with Crippen LogP contribution in [0.5, 0.6) is 5.75 Å². The Hall–Kier alpha value is -3.02. The average Bonchev–Trinajstić information content (AvgIpc) is 3.00. The van der Waals surface area contributed by atoms with E-state index in [0.717, 1.165) is 12.0 Å². The van der Waals surface area contributed by atoms with Crippen LogP contribution in [-0.4, -0.2) is 22.7 Å². The summed E-state index contributed by atoms with van der Waals surface area (Å²) in [4.78, 5) is 24.9. The van der Waals surface area contributed by atoms with Crippen molar-refractivity contribution in [1.29, 1.82) is 0 Å². The van der Waals surface area contributed by atoms with Crippen LogP contribution in [0.2, 0.25) is 0 Å². The van der Waals surface area contributed by atoms with Crippen molar-refractivity contribution < 1.29 is 19.4 Å². The Labute approximate surface area is 158 Å². The average molecular weight is 368 g/mol. The smallest absolute Gasteiger partial charge is 0.412 e. The number of nitrogens with one attached hydrogen (secondary N) is 2. The van der Waals surface area contributed by atoms with Gasteiger partial charge < -0.3 is 15.2 Å². The SMILES string of the molecule is CC(C)(C)OC(=O)Nc1ccccc1NC(=O)C1CCc2cccc(O)c21. The first-order chi connectivity index (χ1) is 12.7. The molecule has 27 heavy (non-hydrogen) atoms. The van der Waals surface area contributed by atoms with Crippen molar-refractivity contribution >= 4 is 23.4 Å². The van der Waals surface area contributed by atoms with Crippen LogP contribution in [0, 0.1) is 0 Å². The van der Waals surface area contributed by atoms with Crippen molar-refractivity contribution in [1.82, 2.24) is 0 Å². The number of amides is 2. The van der Waals surface area contributed by atoms with Crippen LogP contribution in [-0.2, 0) is 16.0 Å². The highest BCUT2D eigenvalue weighted by Gasteiger charge is 2.31. The quantitative estimate of drug-likeness (QED) is 0.749. The summed E-state index contributed by atoms with van der Waals surface area (Å²) < 4.78 is 5.27. The Morgan fingerprint density at radius 2 is 1.70 bits per heavy atom. The number of benzene rings is 2. The van der Waals surface area contributed by atoms with Crippen molar-refractivity contribution in [2.75, 3.05) is 10.6 Å². The molecule has 1 aliphatic carbocycles. The predicted molar refractivity (Wildman–Crippen MR) is 104 cm³/mol. The highest BCUT2D eigenvalue weighted by molar-refractivity contribution is 6.01. The van der Waals surface area contributed by atoms with Crippen LogP contribution in [0.25, 0.3) is 0 Å². The fourth-order valence-electron chi connectivity index (χ4n) is 3.26. The number of phenols is 1. The van der Waals surface area contributed by atoms with Gasteiger partial charge in [0.1, 0.15) is 11.4 Å². The number of aromatic hydroxyl groups is 1. The van der Waals surface area contributed by atoms with E-state index in [2.05, 4.69) is 10.6 Å². The molecule has 2 aromatic rings. The van der Waals surface area contributed by atoms with Crippen LogP contribution in [0.1, 0.15) is 44.2 Å². The van der Waals surface area contributed by atoms with Gasteiger partial charge in [0, 0.05) is 5.56 Å². The molecule has 2 amide bonds. The van der Waals surface area contributed by atoms with E-state index in [1.165, 1.54) is 0 Å². The van der Waals surface area contributed by atoms with E-state index in [1.807, 2.05) is 6.07 Å². The summed E-state index contributed by atoms with van der Waals surface area (Å²) in [6.07, 6.45) is 0.799.